The Balaban J connectivity index is 1.66. The van der Waals surface area contributed by atoms with E-state index < -0.39 is 0 Å². The number of hydrogen-bond donors (Lipinski definition) is 1. The SMILES string of the molecule is Cc1ccc(CN2CCC3CCC(C2)N3)cc1F. The van der Waals surface area contributed by atoms with Crippen LogP contribution in [0.2, 0.25) is 0 Å². The van der Waals surface area contributed by atoms with Crippen LogP contribution in [0.1, 0.15) is 30.4 Å². The van der Waals surface area contributed by atoms with Gasteiger partial charge in [-0.3, -0.25) is 4.90 Å². The van der Waals surface area contributed by atoms with Crippen LogP contribution in [0.5, 0.6) is 0 Å². The molecular formula is C15H21FN2. The summed E-state index contributed by atoms with van der Waals surface area (Å²) >= 11 is 0. The van der Waals surface area contributed by atoms with E-state index in [1.54, 1.807) is 6.07 Å². The van der Waals surface area contributed by atoms with Gasteiger partial charge in [0.05, 0.1) is 0 Å². The Bertz CT molecular complexity index is 433. The molecule has 0 aromatic heterocycles. The molecule has 2 fully saturated rings. The van der Waals surface area contributed by atoms with Gasteiger partial charge >= 0.3 is 0 Å². The van der Waals surface area contributed by atoms with Gasteiger partial charge in [0.25, 0.3) is 0 Å². The summed E-state index contributed by atoms with van der Waals surface area (Å²) in [7, 11) is 0. The Kier molecular flexibility index (Phi) is 3.35. The van der Waals surface area contributed by atoms with Crippen molar-refractivity contribution in [2.24, 2.45) is 0 Å². The summed E-state index contributed by atoms with van der Waals surface area (Å²) < 4.78 is 13.5. The summed E-state index contributed by atoms with van der Waals surface area (Å²) in [5, 5.41) is 3.67. The van der Waals surface area contributed by atoms with E-state index in [2.05, 4.69) is 16.3 Å². The van der Waals surface area contributed by atoms with E-state index in [1.165, 1.54) is 19.3 Å². The molecule has 0 amide bonds. The van der Waals surface area contributed by atoms with Crippen LogP contribution in [-0.2, 0) is 6.54 Å². The average molecular weight is 248 g/mol. The first-order chi connectivity index (χ1) is 8.70. The highest BCUT2D eigenvalue weighted by Crippen LogP contribution is 2.21. The van der Waals surface area contributed by atoms with Crippen molar-refractivity contribution < 1.29 is 4.39 Å². The zero-order chi connectivity index (χ0) is 12.5. The smallest absolute Gasteiger partial charge is 0.126 e. The van der Waals surface area contributed by atoms with Crippen LogP contribution in [0, 0.1) is 12.7 Å². The molecule has 0 spiro atoms. The number of nitrogens with zero attached hydrogens (tertiary/aromatic N) is 1. The first-order valence-corrected chi connectivity index (χ1v) is 6.94. The minimum atomic E-state index is -0.0815. The van der Waals surface area contributed by atoms with Crippen molar-refractivity contribution in [2.75, 3.05) is 13.1 Å². The highest BCUT2D eigenvalue weighted by molar-refractivity contribution is 5.23. The lowest BCUT2D eigenvalue weighted by atomic mass is 10.1. The molecule has 2 unspecified atom stereocenters. The highest BCUT2D eigenvalue weighted by atomic mass is 19.1. The molecule has 1 N–H and O–H groups in total. The van der Waals surface area contributed by atoms with Crippen LogP contribution in [0.25, 0.3) is 0 Å². The monoisotopic (exact) mass is 248 g/mol. The van der Waals surface area contributed by atoms with Gasteiger partial charge in [0, 0.05) is 31.7 Å². The van der Waals surface area contributed by atoms with Crippen LogP contribution in [0.4, 0.5) is 4.39 Å². The molecule has 3 heteroatoms. The predicted molar refractivity (Wildman–Crippen MR) is 71.0 cm³/mol. The molecule has 1 aromatic rings. The third kappa shape index (κ3) is 2.57. The Morgan fingerprint density at radius 3 is 2.94 bits per heavy atom. The van der Waals surface area contributed by atoms with Crippen molar-refractivity contribution in [3.05, 3.63) is 35.1 Å². The molecule has 0 saturated carbocycles. The van der Waals surface area contributed by atoms with Gasteiger partial charge in [-0.2, -0.15) is 0 Å². The van der Waals surface area contributed by atoms with E-state index >= 15 is 0 Å². The fourth-order valence-electron chi connectivity index (χ4n) is 3.15. The van der Waals surface area contributed by atoms with Gasteiger partial charge in [0.1, 0.15) is 5.82 Å². The number of halogens is 1. The Labute approximate surface area is 108 Å². The third-order valence-electron chi connectivity index (χ3n) is 4.25. The minimum Gasteiger partial charge on any atom is -0.310 e. The first kappa shape index (κ1) is 12.1. The molecule has 2 bridgehead atoms. The molecule has 2 saturated heterocycles. The van der Waals surface area contributed by atoms with Crippen LogP contribution in [-0.4, -0.2) is 30.1 Å². The van der Waals surface area contributed by atoms with Crippen LogP contribution >= 0.6 is 0 Å². The van der Waals surface area contributed by atoms with Crippen molar-refractivity contribution in [1.82, 2.24) is 10.2 Å². The Hall–Kier alpha value is -0.930. The molecule has 18 heavy (non-hydrogen) atoms. The van der Waals surface area contributed by atoms with Gasteiger partial charge in [0.2, 0.25) is 0 Å². The van der Waals surface area contributed by atoms with Gasteiger partial charge < -0.3 is 5.32 Å². The number of fused-ring (bicyclic) bond motifs is 2. The normalized spacial score (nSPS) is 28.3. The number of hydrogen-bond acceptors (Lipinski definition) is 2. The van der Waals surface area contributed by atoms with Gasteiger partial charge in [-0.15, -0.1) is 0 Å². The summed E-state index contributed by atoms with van der Waals surface area (Å²) in [6, 6.07) is 6.98. The van der Waals surface area contributed by atoms with E-state index in [0.717, 1.165) is 36.8 Å². The lowest BCUT2D eigenvalue weighted by molar-refractivity contribution is 0.250. The molecule has 1 aromatic carbocycles. The molecule has 2 atom stereocenters. The molecule has 0 aliphatic carbocycles. The first-order valence-electron chi connectivity index (χ1n) is 6.94. The Morgan fingerprint density at radius 1 is 1.28 bits per heavy atom. The summed E-state index contributed by atoms with van der Waals surface area (Å²) in [6.07, 6.45) is 3.85. The maximum atomic E-state index is 13.5. The summed E-state index contributed by atoms with van der Waals surface area (Å²) in [5.41, 5.74) is 1.83. The van der Waals surface area contributed by atoms with E-state index in [0.29, 0.717) is 6.04 Å². The van der Waals surface area contributed by atoms with Crippen molar-refractivity contribution in [2.45, 2.75) is 44.8 Å². The number of aryl methyl sites for hydroxylation is 1. The zero-order valence-electron chi connectivity index (χ0n) is 11.0. The predicted octanol–water partition coefficient (Wildman–Crippen LogP) is 2.46. The number of likely N-dealkylation sites (tertiary alicyclic amines) is 1. The zero-order valence-corrected chi connectivity index (χ0v) is 11.0. The van der Waals surface area contributed by atoms with Crippen molar-refractivity contribution >= 4 is 0 Å². The third-order valence-corrected chi connectivity index (χ3v) is 4.25. The maximum absolute atomic E-state index is 13.5. The second-order valence-electron chi connectivity index (χ2n) is 5.75. The largest absolute Gasteiger partial charge is 0.310 e. The maximum Gasteiger partial charge on any atom is 0.126 e. The molecule has 2 heterocycles. The van der Waals surface area contributed by atoms with Crippen molar-refractivity contribution in [1.29, 1.82) is 0 Å². The summed E-state index contributed by atoms with van der Waals surface area (Å²) in [4.78, 5) is 2.46. The average Bonchev–Trinajstić information content (AvgIpc) is 2.68. The standard InChI is InChI=1S/C15H21FN2/c1-11-2-3-12(8-15(11)16)9-18-7-6-13-4-5-14(10-18)17-13/h2-3,8,13-14,17H,4-7,9-10H2,1H3. The van der Waals surface area contributed by atoms with Crippen molar-refractivity contribution in [3.63, 3.8) is 0 Å². The molecular weight excluding hydrogens is 227 g/mol. The lowest BCUT2D eigenvalue weighted by Gasteiger charge is -2.24. The Morgan fingerprint density at radius 2 is 2.11 bits per heavy atom. The van der Waals surface area contributed by atoms with Crippen molar-refractivity contribution in [3.8, 4) is 0 Å². The quantitative estimate of drug-likeness (QED) is 0.865. The summed E-state index contributed by atoms with van der Waals surface area (Å²) in [6.45, 7) is 4.92. The molecule has 2 aliphatic heterocycles. The van der Waals surface area contributed by atoms with E-state index in [1.807, 2.05) is 13.0 Å². The highest BCUT2D eigenvalue weighted by Gasteiger charge is 2.28. The second kappa shape index (κ2) is 4.98. The van der Waals surface area contributed by atoms with Crippen LogP contribution in [0.15, 0.2) is 18.2 Å². The van der Waals surface area contributed by atoms with Crippen LogP contribution in [0.3, 0.4) is 0 Å². The molecule has 2 aliphatic rings. The lowest BCUT2D eigenvalue weighted by Crippen LogP contribution is -2.34. The molecule has 3 rings (SSSR count). The van der Waals surface area contributed by atoms with E-state index in [-0.39, 0.29) is 5.82 Å². The van der Waals surface area contributed by atoms with Gasteiger partial charge in [-0.05, 0) is 43.4 Å². The number of benzene rings is 1. The second-order valence-corrected chi connectivity index (χ2v) is 5.75. The topological polar surface area (TPSA) is 15.3 Å². The van der Waals surface area contributed by atoms with Gasteiger partial charge in [-0.25, -0.2) is 4.39 Å². The molecule has 0 radical (unpaired) electrons. The van der Waals surface area contributed by atoms with Crippen LogP contribution < -0.4 is 5.32 Å². The fraction of sp³-hybridized carbons (Fsp3) is 0.600. The van der Waals surface area contributed by atoms with E-state index in [4.69, 9.17) is 0 Å². The molecule has 98 valence electrons. The molecule has 2 nitrogen and oxygen atoms in total. The van der Waals surface area contributed by atoms with Gasteiger partial charge in [0.15, 0.2) is 0 Å². The number of nitrogens with one attached hydrogen (secondary N) is 1. The minimum absolute atomic E-state index is 0.0815. The van der Waals surface area contributed by atoms with Gasteiger partial charge in [-0.1, -0.05) is 12.1 Å². The fourth-order valence-corrected chi connectivity index (χ4v) is 3.15. The number of rotatable bonds is 2. The summed E-state index contributed by atoms with van der Waals surface area (Å²) in [5.74, 6) is -0.0815. The van der Waals surface area contributed by atoms with E-state index in [9.17, 15) is 4.39 Å².